The van der Waals surface area contributed by atoms with Gasteiger partial charge in [-0.05, 0) is 13.8 Å². The summed E-state index contributed by atoms with van der Waals surface area (Å²) in [7, 11) is -1.31. The maximum Gasteiger partial charge on any atom is 0.366 e. The number of ether oxygens (including phenoxy) is 2. The third-order valence-corrected chi connectivity index (χ3v) is 2.82. The van der Waals surface area contributed by atoms with Crippen LogP contribution in [-0.2, 0) is 18.8 Å². The molecule has 0 radical (unpaired) electrons. The molecule has 0 saturated heterocycles. The molecule has 5 heteroatoms. The van der Waals surface area contributed by atoms with Crippen molar-refractivity contribution in [3.8, 4) is 0 Å². The average Bonchev–Trinajstić information content (AvgIpc) is 2.15. The highest BCUT2D eigenvalue weighted by molar-refractivity contribution is 7.44. The molecule has 4 nitrogen and oxygen atoms in total. The van der Waals surface area contributed by atoms with Gasteiger partial charge in [0.2, 0.25) is 6.35 Å². The topological polar surface area (TPSA) is 52.6 Å². The van der Waals surface area contributed by atoms with Crippen molar-refractivity contribution < 1.29 is 18.8 Å². The first kappa shape index (κ1) is 13.5. The molecular formula is C9H18O4P+. The number of hydrogen-bond donors (Lipinski definition) is 0. The molecule has 0 heterocycles. The van der Waals surface area contributed by atoms with Crippen LogP contribution in [0.4, 0.5) is 0 Å². The average molecular weight is 221 g/mol. The Kier molecular flexibility index (Phi) is 8.79. The van der Waals surface area contributed by atoms with Gasteiger partial charge in [0.05, 0.1) is 6.61 Å². The fourth-order valence-electron chi connectivity index (χ4n) is 0.891. The Hall–Kier alpha value is -0.470. The van der Waals surface area contributed by atoms with E-state index in [4.69, 9.17) is 9.47 Å². The van der Waals surface area contributed by atoms with Crippen molar-refractivity contribution in [1.82, 2.24) is 0 Å². The Morgan fingerprint density at radius 3 is 2.57 bits per heavy atom. The van der Waals surface area contributed by atoms with Crippen molar-refractivity contribution in [3.63, 3.8) is 0 Å². The first-order valence-electron chi connectivity index (χ1n) is 4.86. The van der Waals surface area contributed by atoms with E-state index in [-0.39, 0.29) is 5.97 Å². The van der Waals surface area contributed by atoms with Gasteiger partial charge in [0.25, 0.3) is 0 Å². The number of carbonyl (C=O) groups excluding carboxylic acids is 1. The maximum atomic E-state index is 11.2. The van der Waals surface area contributed by atoms with E-state index in [1.165, 1.54) is 0 Å². The molecule has 0 aliphatic carbocycles. The second kappa shape index (κ2) is 9.10. The normalized spacial score (nSPS) is 11.1. The monoisotopic (exact) mass is 221 g/mol. The van der Waals surface area contributed by atoms with E-state index >= 15 is 0 Å². The molecule has 82 valence electrons. The van der Waals surface area contributed by atoms with Crippen LogP contribution in [0.15, 0.2) is 0 Å². The molecule has 0 spiro atoms. The lowest BCUT2D eigenvalue weighted by Gasteiger charge is -1.97. The summed E-state index contributed by atoms with van der Waals surface area (Å²) in [5.74, 6) is -0.215. The fraction of sp³-hybridized carbons (Fsp3) is 0.889. The van der Waals surface area contributed by atoms with Gasteiger partial charge in [-0.15, -0.1) is 0 Å². The predicted octanol–water partition coefficient (Wildman–Crippen LogP) is 2.15. The summed E-state index contributed by atoms with van der Waals surface area (Å²) in [6.07, 6.45) is 1.80. The highest BCUT2D eigenvalue weighted by atomic mass is 31.1. The van der Waals surface area contributed by atoms with Crippen LogP contribution < -0.4 is 0 Å². The van der Waals surface area contributed by atoms with Gasteiger partial charge in [-0.3, -0.25) is 4.79 Å². The van der Waals surface area contributed by atoms with E-state index in [0.717, 1.165) is 0 Å². The fourth-order valence-corrected chi connectivity index (χ4v) is 1.92. The Balaban J connectivity index is 3.34. The lowest BCUT2D eigenvalue weighted by atomic mass is 10.3. The quantitative estimate of drug-likeness (QED) is 0.465. The molecule has 0 N–H and O–H groups in total. The van der Waals surface area contributed by atoms with Crippen molar-refractivity contribution in [2.75, 3.05) is 25.7 Å². The maximum absolute atomic E-state index is 11.2. The zero-order chi connectivity index (χ0) is 10.8. The summed E-state index contributed by atoms with van der Waals surface area (Å²) in [6, 6.07) is 0. The zero-order valence-electron chi connectivity index (χ0n) is 8.82. The molecule has 0 rings (SSSR count). The van der Waals surface area contributed by atoms with Gasteiger partial charge in [0, 0.05) is 19.4 Å². The van der Waals surface area contributed by atoms with Gasteiger partial charge in [0.15, 0.2) is 0 Å². The largest absolute Gasteiger partial charge is 0.466 e. The van der Waals surface area contributed by atoms with Gasteiger partial charge < -0.3 is 9.47 Å². The predicted molar refractivity (Wildman–Crippen MR) is 54.8 cm³/mol. The van der Waals surface area contributed by atoms with Crippen LogP contribution in [0.3, 0.4) is 0 Å². The molecule has 1 atom stereocenters. The number of carbonyl (C=O) groups is 1. The molecule has 0 aromatic rings. The molecule has 0 aliphatic heterocycles. The highest BCUT2D eigenvalue weighted by Gasteiger charge is 2.15. The minimum atomic E-state index is -1.31. The van der Waals surface area contributed by atoms with Crippen molar-refractivity contribution in [1.29, 1.82) is 0 Å². The molecule has 0 aliphatic rings. The Morgan fingerprint density at radius 1 is 1.29 bits per heavy atom. The van der Waals surface area contributed by atoms with Gasteiger partial charge in [-0.1, -0.05) is 4.57 Å². The van der Waals surface area contributed by atoms with E-state index < -0.39 is 7.80 Å². The second-order valence-electron chi connectivity index (χ2n) is 2.74. The lowest BCUT2D eigenvalue weighted by Crippen LogP contribution is -2.04. The zero-order valence-corrected chi connectivity index (χ0v) is 9.72. The first-order chi connectivity index (χ1) is 6.70. The molecule has 0 bridgehead atoms. The summed E-state index contributed by atoms with van der Waals surface area (Å²) >= 11 is 0. The Labute approximate surface area is 85.8 Å². The molecule has 0 saturated carbocycles. The molecule has 0 aromatic carbocycles. The van der Waals surface area contributed by atoms with Crippen LogP contribution in [0.1, 0.15) is 26.7 Å². The standard InChI is InChI=1S/C9H18O4P/c1-3-12-8-14(11)7-5-6-9(10)13-4-2/h3-8H2,1-2H3/q+1. The molecule has 14 heavy (non-hydrogen) atoms. The molecule has 0 aromatic heterocycles. The van der Waals surface area contributed by atoms with Crippen LogP contribution >= 0.6 is 7.80 Å². The van der Waals surface area contributed by atoms with Gasteiger partial charge in [-0.2, -0.15) is 0 Å². The number of hydrogen-bond acceptors (Lipinski definition) is 4. The third-order valence-electron chi connectivity index (χ3n) is 1.53. The SMILES string of the molecule is CCOC[P+](=O)CCCC(=O)OCC. The number of esters is 1. The van der Waals surface area contributed by atoms with Crippen LogP contribution in [-0.4, -0.2) is 31.7 Å². The number of rotatable bonds is 8. The van der Waals surface area contributed by atoms with E-state index in [9.17, 15) is 9.36 Å². The van der Waals surface area contributed by atoms with E-state index in [0.29, 0.717) is 38.6 Å². The summed E-state index contributed by atoms with van der Waals surface area (Å²) in [6.45, 7) is 4.62. The van der Waals surface area contributed by atoms with Crippen molar-refractivity contribution in [2.45, 2.75) is 26.7 Å². The van der Waals surface area contributed by atoms with Crippen LogP contribution in [0.25, 0.3) is 0 Å². The van der Waals surface area contributed by atoms with Crippen LogP contribution in [0.5, 0.6) is 0 Å². The van der Waals surface area contributed by atoms with Crippen molar-refractivity contribution >= 4 is 13.8 Å². The van der Waals surface area contributed by atoms with E-state index in [2.05, 4.69) is 0 Å². The highest BCUT2D eigenvalue weighted by Crippen LogP contribution is 2.21. The van der Waals surface area contributed by atoms with Crippen molar-refractivity contribution in [2.24, 2.45) is 0 Å². The molecule has 0 fully saturated rings. The minimum absolute atomic E-state index is 0.215. The second-order valence-corrected chi connectivity index (χ2v) is 4.40. The van der Waals surface area contributed by atoms with E-state index in [1.807, 2.05) is 6.92 Å². The molecular weight excluding hydrogens is 203 g/mol. The molecule has 1 unspecified atom stereocenters. The summed E-state index contributed by atoms with van der Waals surface area (Å²) in [5, 5.41) is 0. The van der Waals surface area contributed by atoms with Gasteiger partial charge >= 0.3 is 13.8 Å². The Morgan fingerprint density at radius 2 is 2.00 bits per heavy atom. The van der Waals surface area contributed by atoms with Crippen LogP contribution in [0.2, 0.25) is 0 Å². The van der Waals surface area contributed by atoms with Crippen LogP contribution in [0, 0.1) is 0 Å². The first-order valence-corrected chi connectivity index (χ1v) is 6.49. The lowest BCUT2D eigenvalue weighted by molar-refractivity contribution is -0.143. The molecule has 0 amide bonds. The third kappa shape index (κ3) is 8.14. The summed E-state index contributed by atoms with van der Waals surface area (Å²) in [4.78, 5) is 10.9. The Bertz CT molecular complexity index is 182. The summed E-state index contributed by atoms with van der Waals surface area (Å²) in [5.41, 5.74) is 0. The van der Waals surface area contributed by atoms with Gasteiger partial charge in [-0.25, -0.2) is 0 Å². The minimum Gasteiger partial charge on any atom is -0.466 e. The van der Waals surface area contributed by atoms with Gasteiger partial charge in [0.1, 0.15) is 6.16 Å². The summed E-state index contributed by atoms with van der Waals surface area (Å²) < 4.78 is 21.0. The van der Waals surface area contributed by atoms with E-state index in [1.54, 1.807) is 6.92 Å². The smallest absolute Gasteiger partial charge is 0.366 e. The van der Waals surface area contributed by atoms with Crippen molar-refractivity contribution in [3.05, 3.63) is 0 Å².